The van der Waals surface area contributed by atoms with Crippen molar-refractivity contribution in [2.45, 2.75) is 13.1 Å². The summed E-state index contributed by atoms with van der Waals surface area (Å²) in [5, 5.41) is 3.71. The van der Waals surface area contributed by atoms with Crippen molar-refractivity contribution < 1.29 is 14.3 Å². The number of anilines is 2. The van der Waals surface area contributed by atoms with Gasteiger partial charge in [-0.1, -0.05) is 35.5 Å². The number of nitrogens with one attached hydrogen (secondary N) is 3. The molecule has 2 aromatic rings. The highest BCUT2D eigenvalue weighted by Gasteiger charge is 2.42. The van der Waals surface area contributed by atoms with Crippen LogP contribution in [0.3, 0.4) is 0 Å². The third-order valence-corrected chi connectivity index (χ3v) is 6.10. The van der Waals surface area contributed by atoms with E-state index in [9.17, 15) is 9.59 Å². The molecule has 1 fully saturated rings. The number of aliphatic imine (C=N–C) groups is 1. The molecule has 162 valence electrons. The summed E-state index contributed by atoms with van der Waals surface area (Å²) in [6, 6.07) is 14.3. The summed E-state index contributed by atoms with van der Waals surface area (Å²) in [5.41, 5.74) is 7.22. The van der Waals surface area contributed by atoms with E-state index >= 15 is 0 Å². The van der Waals surface area contributed by atoms with Crippen molar-refractivity contribution in [3.63, 3.8) is 0 Å². The van der Waals surface area contributed by atoms with Gasteiger partial charge in [-0.05, 0) is 43.3 Å². The standard InChI is InChI=1S/C21H22ClN5O3S/c1-2-30-14-9-7-13(8-10-14)27-20(29)15-11-23-26-19(15)25-21(27)31-12-18(28)24-17-6-4-3-5-16(17)22/h3-10,15,19,23,26H,2,11-12H2,1H3,(H,24,28). The number of rotatable bonds is 6. The van der Waals surface area contributed by atoms with Crippen LogP contribution >= 0.6 is 23.4 Å². The highest BCUT2D eigenvalue weighted by molar-refractivity contribution is 8.14. The van der Waals surface area contributed by atoms with Gasteiger partial charge in [0.2, 0.25) is 11.8 Å². The van der Waals surface area contributed by atoms with Crippen LogP contribution in [0.4, 0.5) is 11.4 Å². The number of carbonyl (C=O) groups excluding carboxylic acids is 2. The van der Waals surface area contributed by atoms with Crippen molar-refractivity contribution in [1.82, 2.24) is 10.9 Å². The largest absolute Gasteiger partial charge is 0.494 e. The van der Waals surface area contributed by atoms with Crippen LogP contribution in [0, 0.1) is 5.92 Å². The molecule has 2 aliphatic rings. The SMILES string of the molecule is CCOc1ccc(N2C(=O)C3CNNC3N=C2SCC(=O)Nc2ccccc2Cl)cc1. The third kappa shape index (κ3) is 4.85. The van der Waals surface area contributed by atoms with E-state index in [0.717, 1.165) is 5.75 Å². The Morgan fingerprint density at radius 2 is 2.06 bits per heavy atom. The number of para-hydroxylation sites is 1. The van der Waals surface area contributed by atoms with E-state index < -0.39 is 0 Å². The zero-order chi connectivity index (χ0) is 21.8. The van der Waals surface area contributed by atoms with E-state index in [1.54, 1.807) is 29.2 Å². The molecule has 2 aliphatic heterocycles. The van der Waals surface area contributed by atoms with Gasteiger partial charge in [0.05, 0.1) is 34.7 Å². The second-order valence-electron chi connectivity index (χ2n) is 6.91. The van der Waals surface area contributed by atoms with Gasteiger partial charge in [-0.15, -0.1) is 0 Å². The molecule has 0 aliphatic carbocycles. The Hall–Kier alpha value is -2.59. The fourth-order valence-corrected chi connectivity index (χ4v) is 4.37. The Morgan fingerprint density at radius 1 is 1.29 bits per heavy atom. The fraction of sp³-hybridized carbons (Fsp3) is 0.286. The smallest absolute Gasteiger partial charge is 0.241 e. The maximum atomic E-state index is 13.2. The van der Waals surface area contributed by atoms with Crippen LogP contribution in [0.1, 0.15) is 6.92 Å². The molecule has 0 spiro atoms. The van der Waals surface area contributed by atoms with Crippen LogP contribution in [0.15, 0.2) is 53.5 Å². The first kappa shape index (κ1) is 21.6. The number of amides is 2. The first-order valence-corrected chi connectivity index (χ1v) is 11.2. The zero-order valence-electron chi connectivity index (χ0n) is 16.8. The summed E-state index contributed by atoms with van der Waals surface area (Å²) in [5.74, 6) is 0.182. The molecule has 0 bridgehead atoms. The minimum Gasteiger partial charge on any atom is -0.494 e. The highest BCUT2D eigenvalue weighted by Crippen LogP contribution is 2.30. The molecule has 2 atom stereocenters. The van der Waals surface area contributed by atoms with Crippen LogP contribution < -0.4 is 25.8 Å². The van der Waals surface area contributed by atoms with Gasteiger partial charge in [0.25, 0.3) is 0 Å². The van der Waals surface area contributed by atoms with E-state index in [2.05, 4.69) is 21.2 Å². The topological polar surface area (TPSA) is 95.1 Å². The molecule has 10 heteroatoms. The van der Waals surface area contributed by atoms with Gasteiger partial charge >= 0.3 is 0 Å². The number of thioether (sulfide) groups is 1. The van der Waals surface area contributed by atoms with Gasteiger partial charge in [-0.25, -0.2) is 10.4 Å². The van der Waals surface area contributed by atoms with Gasteiger partial charge in [0.15, 0.2) is 5.17 Å². The summed E-state index contributed by atoms with van der Waals surface area (Å²) in [7, 11) is 0. The fourth-order valence-electron chi connectivity index (χ4n) is 3.34. The number of fused-ring (bicyclic) bond motifs is 1. The van der Waals surface area contributed by atoms with Gasteiger partial charge in [-0.2, -0.15) is 0 Å². The predicted molar refractivity (Wildman–Crippen MR) is 123 cm³/mol. The zero-order valence-corrected chi connectivity index (χ0v) is 18.4. The van der Waals surface area contributed by atoms with Crippen LogP contribution in [-0.2, 0) is 9.59 Å². The van der Waals surface area contributed by atoms with E-state index in [1.807, 2.05) is 31.2 Å². The van der Waals surface area contributed by atoms with Gasteiger partial charge in [0.1, 0.15) is 11.9 Å². The summed E-state index contributed by atoms with van der Waals surface area (Å²) < 4.78 is 5.49. The average molecular weight is 460 g/mol. The van der Waals surface area contributed by atoms with E-state index in [-0.39, 0.29) is 29.7 Å². The molecule has 2 unspecified atom stereocenters. The number of hydrogen-bond donors (Lipinski definition) is 3. The number of amidine groups is 1. The van der Waals surface area contributed by atoms with E-state index in [4.69, 9.17) is 16.3 Å². The van der Waals surface area contributed by atoms with Crippen molar-refractivity contribution in [1.29, 1.82) is 0 Å². The summed E-state index contributed by atoms with van der Waals surface area (Å²) in [6.07, 6.45) is -0.361. The van der Waals surface area contributed by atoms with Crippen molar-refractivity contribution in [3.8, 4) is 5.75 Å². The Bertz CT molecular complexity index is 1000. The molecule has 4 rings (SSSR count). The Morgan fingerprint density at radius 3 is 2.81 bits per heavy atom. The number of ether oxygens (including phenoxy) is 1. The summed E-state index contributed by atoms with van der Waals surface area (Å²) in [4.78, 5) is 31.9. The van der Waals surface area contributed by atoms with Crippen molar-refractivity contribution in [2.75, 3.05) is 29.1 Å². The minimum atomic E-state index is -0.361. The lowest BCUT2D eigenvalue weighted by atomic mass is 10.0. The number of nitrogens with zero attached hydrogens (tertiary/aromatic N) is 2. The van der Waals surface area contributed by atoms with Gasteiger partial charge in [-0.3, -0.25) is 19.9 Å². The van der Waals surface area contributed by atoms with Crippen LogP contribution in [0.25, 0.3) is 0 Å². The molecule has 31 heavy (non-hydrogen) atoms. The maximum Gasteiger partial charge on any atom is 0.241 e. The average Bonchev–Trinajstić information content (AvgIpc) is 3.24. The van der Waals surface area contributed by atoms with Crippen molar-refractivity contribution >= 4 is 51.7 Å². The Labute approximate surface area is 189 Å². The molecule has 1 saturated heterocycles. The monoisotopic (exact) mass is 459 g/mol. The summed E-state index contributed by atoms with van der Waals surface area (Å²) in [6.45, 7) is 2.97. The second-order valence-corrected chi connectivity index (χ2v) is 8.26. The van der Waals surface area contributed by atoms with Crippen LogP contribution in [-0.4, -0.2) is 42.1 Å². The van der Waals surface area contributed by atoms with Crippen LogP contribution in [0.5, 0.6) is 5.75 Å². The van der Waals surface area contributed by atoms with Crippen molar-refractivity contribution in [2.24, 2.45) is 10.9 Å². The van der Waals surface area contributed by atoms with Crippen molar-refractivity contribution in [3.05, 3.63) is 53.6 Å². The molecule has 2 heterocycles. The number of halogens is 1. The first-order chi connectivity index (χ1) is 15.1. The lowest BCUT2D eigenvalue weighted by molar-refractivity contribution is -0.121. The number of hydrogen-bond acceptors (Lipinski definition) is 7. The maximum absolute atomic E-state index is 13.2. The summed E-state index contributed by atoms with van der Waals surface area (Å²) >= 11 is 7.31. The molecule has 8 nitrogen and oxygen atoms in total. The molecule has 0 aromatic heterocycles. The molecule has 2 aromatic carbocycles. The lowest BCUT2D eigenvalue weighted by Crippen LogP contribution is -2.49. The predicted octanol–water partition coefficient (Wildman–Crippen LogP) is 2.86. The number of carbonyl (C=O) groups is 2. The first-order valence-electron chi connectivity index (χ1n) is 9.87. The molecule has 3 N–H and O–H groups in total. The lowest BCUT2D eigenvalue weighted by Gasteiger charge is -2.32. The molecular formula is C21H22ClN5O3S. The van der Waals surface area contributed by atoms with Gasteiger partial charge < -0.3 is 10.1 Å². The second kappa shape index (κ2) is 9.69. The quantitative estimate of drug-likeness (QED) is 0.615. The minimum absolute atomic E-state index is 0.0735. The van der Waals surface area contributed by atoms with Crippen LogP contribution in [0.2, 0.25) is 5.02 Å². The number of hydrazine groups is 1. The molecule has 0 saturated carbocycles. The van der Waals surface area contributed by atoms with E-state index in [0.29, 0.717) is 34.7 Å². The van der Waals surface area contributed by atoms with Gasteiger partial charge in [0, 0.05) is 6.54 Å². The Balaban J connectivity index is 1.52. The highest BCUT2D eigenvalue weighted by atomic mass is 35.5. The van der Waals surface area contributed by atoms with E-state index in [1.165, 1.54) is 11.8 Å². The molecular weight excluding hydrogens is 438 g/mol. The Kier molecular flexibility index (Phi) is 6.77. The normalized spacial score (nSPS) is 20.3. The third-order valence-electron chi connectivity index (χ3n) is 4.82. The molecule has 0 radical (unpaired) electrons. The number of benzene rings is 2. The molecule has 2 amide bonds.